The van der Waals surface area contributed by atoms with E-state index in [-0.39, 0.29) is 0 Å². The van der Waals surface area contributed by atoms with E-state index < -0.39 is 0 Å². The van der Waals surface area contributed by atoms with Gasteiger partial charge in [-0.3, -0.25) is 0 Å². The van der Waals surface area contributed by atoms with Gasteiger partial charge in [-0.25, -0.2) is 0 Å². The van der Waals surface area contributed by atoms with Gasteiger partial charge < -0.3 is 4.52 Å². The molecule has 1 aromatic heterocycles. The van der Waals surface area contributed by atoms with E-state index in [1.807, 2.05) is 13.0 Å². The molecule has 0 amide bonds. The van der Waals surface area contributed by atoms with Gasteiger partial charge in [-0.1, -0.05) is 28.5 Å². The van der Waals surface area contributed by atoms with Gasteiger partial charge in [0.1, 0.15) is 5.76 Å². The Hall–Kier alpha value is -1.31. The van der Waals surface area contributed by atoms with E-state index in [1.165, 1.54) is 11.1 Å². The van der Waals surface area contributed by atoms with E-state index >= 15 is 0 Å². The molecular formula is C15H23NO. The molecule has 0 aliphatic heterocycles. The minimum Gasteiger partial charge on any atom is -0.361 e. The Morgan fingerprint density at radius 1 is 1.24 bits per heavy atom. The fourth-order valence-corrected chi connectivity index (χ4v) is 1.69. The van der Waals surface area contributed by atoms with Crippen LogP contribution in [0, 0.1) is 6.92 Å². The van der Waals surface area contributed by atoms with Gasteiger partial charge in [0.25, 0.3) is 0 Å². The molecule has 0 bridgehead atoms. The van der Waals surface area contributed by atoms with E-state index in [9.17, 15) is 0 Å². The van der Waals surface area contributed by atoms with Gasteiger partial charge in [-0.05, 0) is 53.4 Å². The topological polar surface area (TPSA) is 26.0 Å². The number of hydrogen-bond donors (Lipinski definition) is 0. The monoisotopic (exact) mass is 233 g/mol. The highest BCUT2D eigenvalue weighted by Gasteiger charge is 1.98. The second-order valence-corrected chi connectivity index (χ2v) is 4.84. The maximum atomic E-state index is 5.03. The summed E-state index contributed by atoms with van der Waals surface area (Å²) in [6, 6.07) is 2.01. The van der Waals surface area contributed by atoms with Crippen LogP contribution in [0.25, 0.3) is 0 Å². The number of nitrogens with zero attached hydrogens (tertiary/aromatic N) is 1. The third-order valence-corrected chi connectivity index (χ3v) is 2.66. The third kappa shape index (κ3) is 6.10. The highest BCUT2D eigenvalue weighted by atomic mass is 16.5. The Balaban J connectivity index is 2.26. The molecule has 0 spiro atoms. The van der Waals surface area contributed by atoms with Crippen LogP contribution in [0.3, 0.4) is 0 Å². The standard InChI is InChI=1S/C15H23NO/c1-12(2)7-5-8-13(3)9-6-10-15-11-14(4)17-16-15/h7,9,11H,5-6,8,10H2,1-4H3/b13-9+. The first-order valence-corrected chi connectivity index (χ1v) is 6.29. The van der Waals surface area contributed by atoms with E-state index in [0.29, 0.717) is 0 Å². The lowest BCUT2D eigenvalue weighted by atomic mass is 10.1. The molecule has 0 aromatic carbocycles. The highest BCUT2D eigenvalue weighted by molar-refractivity contribution is 5.07. The number of allylic oxidation sites excluding steroid dienone is 4. The molecule has 1 heterocycles. The second-order valence-electron chi connectivity index (χ2n) is 4.84. The van der Waals surface area contributed by atoms with E-state index in [2.05, 4.69) is 38.1 Å². The van der Waals surface area contributed by atoms with Gasteiger partial charge in [-0.15, -0.1) is 0 Å². The summed E-state index contributed by atoms with van der Waals surface area (Å²) in [7, 11) is 0. The minimum absolute atomic E-state index is 0.893. The van der Waals surface area contributed by atoms with Crippen LogP contribution in [0.15, 0.2) is 33.9 Å². The molecule has 0 atom stereocenters. The van der Waals surface area contributed by atoms with Crippen molar-refractivity contribution in [3.05, 3.63) is 40.8 Å². The van der Waals surface area contributed by atoms with Crippen LogP contribution in [-0.2, 0) is 6.42 Å². The van der Waals surface area contributed by atoms with Crippen molar-refractivity contribution in [2.24, 2.45) is 0 Å². The van der Waals surface area contributed by atoms with Crippen LogP contribution in [0.1, 0.15) is 51.5 Å². The molecule has 2 heteroatoms. The fraction of sp³-hybridized carbons (Fsp3) is 0.533. The minimum atomic E-state index is 0.893. The zero-order valence-corrected chi connectivity index (χ0v) is 11.4. The van der Waals surface area contributed by atoms with Gasteiger partial charge >= 0.3 is 0 Å². The normalized spacial score (nSPS) is 11.6. The molecule has 17 heavy (non-hydrogen) atoms. The Labute approximate surface area is 104 Å². The smallest absolute Gasteiger partial charge is 0.133 e. The van der Waals surface area contributed by atoms with Crippen molar-refractivity contribution in [3.63, 3.8) is 0 Å². The van der Waals surface area contributed by atoms with Crippen molar-refractivity contribution >= 4 is 0 Å². The van der Waals surface area contributed by atoms with Crippen molar-refractivity contribution < 1.29 is 4.52 Å². The molecule has 0 N–H and O–H groups in total. The van der Waals surface area contributed by atoms with Crippen LogP contribution >= 0.6 is 0 Å². The summed E-state index contributed by atoms with van der Waals surface area (Å²) >= 11 is 0. The first-order valence-electron chi connectivity index (χ1n) is 6.29. The van der Waals surface area contributed by atoms with Gasteiger partial charge in [0.05, 0.1) is 5.69 Å². The first-order chi connectivity index (χ1) is 8.08. The summed E-state index contributed by atoms with van der Waals surface area (Å²) in [5.74, 6) is 0.893. The zero-order chi connectivity index (χ0) is 12.7. The molecule has 0 saturated heterocycles. The van der Waals surface area contributed by atoms with Crippen LogP contribution in [0.4, 0.5) is 0 Å². The highest BCUT2D eigenvalue weighted by Crippen LogP contribution is 2.10. The number of aromatic nitrogens is 1. The summed E-state index contributed by atoms with van der Waals surface area (Å²) in [5, 5.41) is 3.98. The molecule has 1 aromatic rings. The Morgan fingerprint density at radius 2 is 2.00 bits per heavy atom. The Morgan fingerprint density at radius 3 is 2.59 bits per heavy atom. The molecule has 0 radical (unpaired) electrons. The molecule has 0 aliphatic rings. The molecule has 1 rings (SSSR count). The summed E-state index contributed by atoms with van der Waals surface area (Å²) in [5.41, 5.74) is 3.91. The van der Waals surface area contributed by atoms with Gasteiger partial charge in [0, 0.05) is 6.07 Å². The van der Waals surface area contributed by atoms with Crippen molar-refractivity contribution in [3.8, 4) is 0 Å². The van der Waals surface area contributed by atoms with Crippen molar-refractivity contribution in [1.29, 1.82) is 0 Å². The van der Waals surface area contributed by atoms with Crippen LogP contribution in [0.2, 0.25) is 0 Å². The first kappa shape index (κ1) is 13.8. The average Bonchev–Trinajstić information content (AvgIpc) is 2.63. The molecule has 0 unspecified atom stereocenters. The van der Waals surface area contributed by atoms with E-state index in [1.54, 1.807) is 0 Å². The van der Waals surface area contributed by atoms with Crippen molar-refractivity contribution in [2.45, 2.75) is 53.4 Å². The van der Waals surface area contributed by atoms with Gasteiger partial charge in [0.15, 0.2) is 0 Å². The lowest BCUT2D eigenvalue weighted by molar-refractivity contribution is 0.390. The van der Waals surface area contributed by atoms with E-state index in [4.69, 9.17) is 4.52 Å². The summed E-state index contributed by atoms with van der Waals surface area (Å²) in [6.07, 6.45) is 8.92. The van der Waals surface area contributed by atoms with Crippen molar-refractivity contribution in [2.75, 3.05) is 0 Å². The number of rotatable bonds is 6. The SMILES string of the molecule is CC(C)=CCC/C(C)=C/CCc1cc(C)on1. The molecular weight excluding hydrogens is 210 g/mol. The molecule has 0 aliphatic carbocycles. The summed E-state index contributed by atoms with van der Waals surface area (Å²) in [4.78, 5) is 0. The molecule has 0 saturated carbocycles. The largest absolute Gasteiger partial charge is 0.361 e. The lowest BCUT2D eigenvalue weighted by Gasteiger charge is -1.98. The summed E-state index contributed by atoms with van der Waals surface area (Å²) < 4.78 is 5.03. The fourth-order valence-electron chi connectivity index (χ4n) is 1.69. The van der Waals surface area contributed by atoms with Gasteiger partial charge in [-0.2, -0.15) is 0 Å². The quantitative estimate of drug-likeness (QED) is 0.671. The predicted octanol–water partition coefficient (Wildman–Crippen LogP) is 4.61. The molecule has 0 fully saturated rings. The van der Waals surface area contributed by atoms with E-state index in [0.717, 1.165) is 37.1 Å². The maximum Gasteiger partial charge on any atom is 0.133 e. The number of aryl methyl sites for hydroxylation is 2. The second kappa shape index (κ2) is 7.10. The van der Waals surface area contributed by atoms with Crippen LogP contribution < -0.4 is 0 Å². The van der Waals surface area contributed by atoms with Crippen LogP contribution in [0.5, 0.6) is 0 Å². The third-order valence-electron chi connectivity index (χ3n) is 2.66. The lowest BCUT2D eigenvalue weighted by Crippen LogP contribution is -1.84. The molecule has 2 nitrogen and oxygen atoms in total. The molecule has 94 valence electrons. The Bertz CT molecular complexity index is 395. The predicted molar refractivity (Wildman–Crippen MR) is 72.0 cm³/mol. The summed E-state index contributed by atoms with van der Waals surface area (Å²) in [6.45, 7) is 8.42. The van der Waals surface area contributed by atoms with Gasteiger partial charge in [0.2, 0.25) is 0 Å². The van der Waals surface area contributed by atoms with Crippen LogP contribution in [-0.4, -0.2) is 5.16 Å². The van der Waals surface area contributed by atoms with Crippen molar-refractivity contribution in [1.82, 2.24) is 5.16 Å². The number of hydrogen-bond acceptors (Lipinski definition) is 2. The average molecular weight is 233 g/mol. The zero-order valence-electron chi connectivity index (χ0n) is 11.4. The maximum absolute atomic E-state index is 5.03. The Kier molecular flexibility index (Phi) is 5.75.